The fraction of sp³-hybridized carbons (Fsp3) is 0.571. The van der Waals surface area contributed by atoms with E-state index in [1.165, 1.54) is 5.56 Å². The lowest BCUT2D eigenvalue weighted by molar-refractivity contribution is -0.282. The molecule has 98 valence electrons. The van der Waals surface area contributed by atoms with E-state index in [1.54, 1.807) is 0 Å². The molecule has 0 aromatic heterocycles. The normalized spacial score (nSPS) is 9.94. The average molecular weight is 240 g/mol. The van der Waals surface area contributed by atoms with Crippen LogP contribution in [0.4, 0.5) is 0 Å². The molecule has 0 N–H and O–H groups in total. The second-order valence-corrected chi connectivity index (χ2v) is 3.31. The van der Waals surface area contributed by atoms with Gasteiger partial charge in [-0.05, 0) is 27.7 Å². The second-order valence-electron chi connectivity index (χ2n) is 3.31. The molecule has 1 aromatic carbocycles. The van der Waals surface area contributed by atoms with Gasteiger partial charge in [0.2, 0.25) is 0 Å². The van der Waals surface area contributed by atoms with Crippen molar-refractivity contribution in [3.63, 3.8) is 0 Å². The van der Waals surface area contributed by atoms with E-state index in [0.29, 0.717) is 19.8 Å². The summed E-state index contributed by atoms with van der Waals surface area (Å²) in [7, 11) is 0. The minimum Gasteiger partial charge on any atom is -0.330 e. The van der Waals surface area contributed by atoms with Gasteiger partial charge in [-0.1, -0.05) is 35.9 Å². The van der Waals surface area contributed by atoms with Gasteiger partial charge in [-0.15, -0.1) is 0 Å². The molecule has 3 nitrogen and oxygen atoms in total. The minimum absolute atomic E-state index is 0.472. The predicted octanol–water partition coefficient (Wildman–Crippen LogP) is 3.37. The zero-order chi connectivity index (χ0) is 12.9. The zero-order valence-corrected chi connectivity index (χ0v) is 11.3. The SMILES string of the molecule is CCOC(OCC)OCC.Cc1ccccc1. The van der Waals surface area contributed by atoms with Crippen LogP contribution in [0.5, 0.6) is 0 Å². The largest absolute Gasteiger partial charge is 0.330 e. The van der Waals surface area contributed by atoms with Crippen molar-refractivity contribution in [3.05, 3.63) is 35.9 Å². The molecule has 0 aliphatic heterocycles. The molecule has 0 saturated heterocycles. The van der Waals surface area contributed by atoms with Crippen molar-refractivity contribution in [2.45, 2.75) is 34.2 Å². The molecule has 0 amide bonds. The number of hydrogen-bond donors (Lipinski definition) is 0. The van der Waals surface area contributed by atoms with Crippen LogP contribution in [-0.4, -0.2) is 26.3 Å². The van der Waals surface area contributed by atoms with Gasteiger partial charge in [-0.3, -0.25) is 0 Å². The lowest BCUT2D eigenvalue weighted by atomic mass is 10.2. The van der Waals surface area contributed by atoms with Gasteiger partial charge < -0.3 is 14.2 Å². The monoisotopic (exact) mass is 240 g/mol. The molecule has 17 heavy (non-hydrogen) atoms. The van der Waals surface area contributed by atoms with E-state index in [-0.39, 0.29) is 0 Å². The first-order chi connectivity index (χ1) is 8.24. The third-order valence-electron chi connectivity index (χ3n) is 1.85. The number of ether oxygens (including phenoxy) is 3. The quantitative estimate of drug-likeness (QED) is 0.713. The molecule has 0 radical (unpaired) electrons. The van der Waals surface area contributed by atoms with Gasteiger partial charge in [0.05, 0.1) is 0 Å². The maximum absolute atomic E-state index is 5.08. The lowest BCUT2D eigenvalue weighted by Gasteiger charge is -2.15. The summed E-state index contributed by atoms with van der Waals surface area (Å²) in [5.74, 6) is 0. The smallest absolute Gasteiger partial charge is 0.271 e. The number of rotatable bonds is 6. The van der Waals surface area contributed by atoms with Crippen molar-refractivity contribution in [1.29, 1.82) is 0 Å². The molecule has 1 rings (SSSR count). The van der Waals surface area contributed by atoms with Crippen LogP contribution in [0.15, 0.2) is 30.3 Å². The van der Waals surface area contributed by atoms with Crippen molar-refractivity contribution in [3.8, 4) is 0 Å². The fourth-order valence-electron chi connectivity index (χ4n) is 1.09. The Morgan fingerprint density at radius 3 is 1.47 bits per heavy atom. The zero-order valence-electron chi connectivity index (χ0n) is 11.3. The van der Waals surface area contributed by atoms with Crippen LogP contribution in [0, 0.1) is 6.92 Å². The second kappa shape index (κ2) is 11.6. The van der Waals surface area contributed by atoms with Crippen molar-refractivity contribution in [2.24, 2.45) is 0 Å². The van der Waals surface area contributed by atoms with Crippen molar-refractivity contribution in [1.82, 2.24) is 0 Å². The first kappa shape index (κ1) is 16.1. The van der Waals surface area contributed by atoms with Gasteiger partial charge in [-0.25, -0.2) is 0 Å². The summed E-state index contributed by atoms with van der Waals surface area (Å²) < 4.78 is 15.2. The van der Waals surface area contributed by atoms with Crippen molar-refractivity contribution >= 4 is 0 Å². The van der Waals surface area contributed by atoms with E-state index in [4.69, 9.17) is 14.2 Å². The van der Waals surface area contributed by atoms with Gasteiger partial charge in [0.15, 0.2) is 0 Å². The van der Waals surface area contributed by atoms with Crippen LogP contribution >= 0.6 is 0 Å². The van der Waals surface area contributed by atoms with E-state index in [2.05, 4.69) is 19.1 Å². The standard InChI is InChI=1S/C7H16O3.C7H8/c1-4-8-7(9-5-2)10-6-3;1-7-5-3-2-4-6-7/h7H,4-6H2,1-3H3;2-6H,1H3. The molecule has 0 unspecified atom stereocenters. The molecule has 0 fully saturated rings. The van der Waals surface area contributed by atoms with Gasteiger partial charge in [0.25, 0.3) is 6.48 Å². The Hall–Kier alpha value is -0.900. The molecule has 0 bridgehead atoms. The summed E-state index contributed by atoms with van der Waals surface area (Å²) in [5.41, 5.74) is 1.32. The van der Waals surface area contributed by atoms with Crippen LogP contribution in [0.2, 0.25) is 0 Å². The van der Waals surface area contributed by atoms with Gasteiger partial charge >= 0.3 is 0 Å². The molecule has 0 aliphatic rings. The Bertz CT molecular complexity index is 235. The van der Waals surface area contributed by atoms with Crippen LogP contribution < -0.4 is 0 Å². The Morgan fingerprint density at radius 2 is 1.24 bits per heavy atom. The van der Waals surface area contributed by atoms with E-state index in [1.807, 2.05) is 39.0 Å². The fourth-order valence-corrected chi connectivity index (χ4v) is 1.09. The lowest BCUT2D eigenvalue weighted by Crippen LogP contribution is -2.20. The molecule has 0 spiro atoms. The predicted molar refractivity (Wildman–Crippen MR) is 69.8 cm³/mol. The summed E-state index contributed by atoms with van der Waals surface area (Å²) in [6, 6.07) is 10.3. The van der Waals surface area contributed by atoms with Crippen LogP contribution in [0.25, 0.3) is 0 Å². The van der Waals surface area contributed by atoms with Crippen LogP contribution in [-0.2, 0) is 14.2 Å². The van der Waals surface area contributed by atoms with Crippen molar-refractivity contribution < 1.29 is 14.2 Å². The number of benzene rings is 1. The van der Waals surface area contributed by atoms with Gasteiger partial charge in [0.1, 0.15) is 0 Å². The van der Waals surface area contributed by atoms with Crippen LogP contribution in [0.1, 0.15) is 26.3 Å². The Balaban J connectivity index is 0.000000318. The highest BCUT2D eigenvalue weighted by atomic mass is 16.8. The molecule has 0 heterocycles. The Kier molecular flexibility index (Phi) is 11.0. The molecule has 1 aromatic rings. The third kappa shape index (κ3) is 10.00. The van der Waals surface area contributed by atoms with E-state index in [0.717, 1.165) is 0 Å². The third-order valence-corrected chi connectivity index (χ3v) is 1.85. The first-order valence-electron chi connectivity index (χ1n) is 6.11. The minimum atomic E-state index is -0.472. The average Bonchev–Trinajstić information content (AvgIpc) is 2.32. The molecular weight excluding hydrogens is 216 g/mol. The summed E-state index contributed by atoms with van der Waals surface area (Å²) in [4.78, 5) is 0. The number of aryl methyl sites for hydroxylation is 1. The maximum Gasteiger partial charge on any atom is 0.271 e. The van der Waals surface area contributed by atoms with Crippen LogP contribution in [0.3, 0.4) is 0 Å². The van der Waals surface area contributed by atoms with Gasteiger partial charge in [0, 0.05) is 19.8 Å². The molecular formula is C14H24O3. The highest BCUT2D eigenvalue weighted by molar-refractivity contribution is 5.11. The number of hydrogen-bond acceptors (Lipinski definition) is 3. The van der Waals surface area contributed by atoms with Gasteiger partial charge in [-0.2, -0.15) is 0 Å². The molecule has 0 atom stereocenters. The molecule has 3 heteroatoms. The van der Waals surface area contributed by atoms with E-state index in [9.17, 15) is 0 Å². The molecule has 0 saturated carbocycles. The molecule has 0 aliphatic carbocycles. The maximum atomic E-state index is 5.08. The summed E-state index contributed by atoms with van der Waals surface area (Å²) in [6.45, 7) is 9.18. The first-order valence-corrected chi connectivity index (χ1v) is 6.11. The summed E-state index contributed by atoms with van der Waals surface area (Å²) in [5, 5.41) is 0. The topological polar surface area (TPSA) is 27.7 Å². The Labute approximate surface area is 105 Å². The summed E-state index contributed by atoms with van der Waals surface area (Å²) >= 11 is 0. The van der Waals surface area contributed by atoms with E-state index >= 15 is 0 Å². The highest BCUT2D eigenvalue weighted by Gasteiger charge is 2.04. The highest BCUT2D eigenvalue weighted by Crippen LogP contribution is 1.96. The van der Waals surface area contributed by atoms with E-state index < -0.39 is 6.48 Å². The summed E-state index contributed by atoms with van der Waals surface area (Å²) in [6.07, 6.45) is 0. The van der Waals surface area contributed by atoms with Crippen molar-refractivity contribution in [2.75, 3.05) is 19.8 Å². The Morgan fingerprint density at radius 1 is 0.824 bits per heavy atom.